The third kappa shape index (κ3) is 6.82. The Kier molecular flexibility index (Phi) is 8.87. The van der Waals surface area contributed by atoms with Crippen LogP contribution in [0.1, 0.15) is 37.3 Å². The summed E-state index contributed by atoms with van der Waals surface area (Å²) >= 11 is 0. The molecule has 8 heteroatoms. The topological polar surface area (TPSA) is 108 Å². The van der Waals surface area contributed by atoms with Gasteiger partial charge in [-0.3, -0.25) is 9.59 Å². The zero-order chi connectivity index (χ0) is 25.5. The van der Waals surface area contributed by atoms with E-state index in [-0.39, 0.29) is 31.5 Å². The van der Waals surface area contributed by atoms with Gasteiger partial charge in [0, 0.05) is 19.0 Å². The van der Waals surface area contributed by atoms with Crippen molar-refractivity contribution in [1.29, 1.82) is 0 Å². The van der Waals surface area contributed by atoms with E-state index in [0.29, 0.717) is 6.42 Å². The van der Waals surface area contributed by atoms with Crippen LogP contribution in [0.2, 0.25) is 0 Å². The maximum atomic E-state index is 12.8. The Morgan fingerprint density at radius 2 is 1.57 bits per heavy atom. The highest BCUT2D eigenvalue weighted by Gasteiger charge is 2.30. The Hall–Kier alpha value is -3.39. The van der Waals surface area contributed by atoms with E-state index < -0.39 is 29.9 Å². The minimum Gasteiger partial charge on any atom is -0.481 e. The van der Waals surface area contributed by atoms with Gasteiger partial charge < -0.3 is 25.4 Å². The number of rotatable bonds is 11. The third-order valence-electron chi connectivity index (χ3n) is 6.13. The summed E-state index contributed by atoms with van der Waals surface area (Å²) in [6.45, 7) is 4.27. The summed E-state index contributed by atoms with van der Waals surface area (Å²) in [5.41, 5.74) is 4.48. The van der Waals surface area contributed by atoms with Crippen LogP contribution in [-0.2, 0) is 14.3 Å². The molecule has 188 valence electrons. The molecule has 1 aliphatic carbocycles. The lowest BCUT2D eigenvalue weighted by Crippen LogP contribution is -2.52. The van der Waals surface area contributed by atoms with Gasteiger partial charge in [-0.1, -0.05) is 62.4 Å². The smallest absolute Gasteiger partial charge is 0.407 e. The maximum Gasteiger partial charge on any atom is 0.407 e. The van der Waals surface area contributed by atoms with Crippen molar-refractivity contribution in [3.63, 3.8) is 0 Å². The predicted octanol–water partition coefficient (Wildman–Crippen LogP) is 3.32. The average Bonchev–Trinajstić information content (AvgIpc) is 3.13. The molecule has 1 unspecified atom stereocenters. The van der Waals surface area contributed by atoms with Crippen molar-refractivity contribution in [2.75, 3.05) is 33.8 Å². The molecule has 0 saturated carbocycles. The highest BCUT2D eigenvalue weighted by atomic mass is 16.5. The Morgan fingerprint density at radius 1 is 1.00 bits per heavy atom. The zero-order valence-electron chi connectivity index (χ0n) is 20.8. The summed E-state index contributed by atoms with van der Waals surface area (Å²) in [4.78, 5) is 38.8. The van der Waals surface area contributed by atoms with Crippen LogP contribution in [0.4, 0.5) is 4.79 Å². The SMILES string of the molecule is CC(C)CC(CNC(=O)[C@H](CN(C)C)NC(=O)OCC1c2ccccc2-c2ccccc21)C(=O)O. The Morgan fingerprint density at radius 3 is 2.09 bits per heavy atom. The number of carbonyl (C=O) groups excluding carboxylic acids is 2. The lowest BCUT2D eigenvalue weighted by atomic mass is 9.97. The first-order valence-electron chi connectivity index (χ1n) is 11.9. The summed E-state index contributed by atoms with van der Waals surface area (Å²) < 4.78 is 5.58. The molecule has 2 aromatic carbocycles. The van der Waals surface area contributed by atoms with Gasteiger partial charge >= 0.3 is 12.1 Å². The maximum absolute atomic E-state index is 12.8. The second-order valence-corrected chi connectivity index (χ2v) is 9.69. The number of amides is 2. The minimum atomic E-state index is -0.951. The van der Waals surface area contributed by atoms with Gasteiger partial charge in [0.15, 0.2) is 0 Å². The molecule has 3 rings (SSSR count). The minimum absolute atomic E-state index is 0.00262. The molecule has 2 amide bonds. The van der Waals surface area contributed by atoms with Crippen molar-refractivity contribution < 1.29 is 24.2 Å². The van der Waals surface area contributed by atoms with Crippen molar-refractivity contribution in [2.45, 2.75) is 32.2 Å². The Bertz CT molecular complexity index is 1010. The van der Waals surface area contributed by atoms with E-state index >= 15 is 0 Å². The van der Waals surface area contributed by atoms with Gasteiger partial charge in [-0.25, -0.2) is 4.79 Å². The first kappa shape index (κ1) is 26.2. The predicted molar refractivity (Wildman–Crippen MR) is 134 cm³/mol. The van der Waals surface area contributed by atoms with Gasteiger partial charge in [0.1, 0.15) is 12.6 Å². The largest absolute Gasteiger partial charge is 0.481 e. The second kappa shape index (κ2) is 11.8. The van der Waals surface area contributed by atoms with Crippen molar-refractivity contribution in [1.82, 2.24) is 15.5 Å². The van der Waals surface area contributed by atoms with Crippen molar-refractivity contribution >= 4 is 18.0 Å². The molecule has 0 aromatic heterocycles. The summed E-state index contributed by atoms with van der Waals surface area (Å²) in [6.07, 6.45) is -0.237. The molecule has 0 saturated heterocycles. The van der Waals surface area contributed by atoms with E-state index in [2.05, 4.69) is 22.8 Å². The summed E-state index contributed by atoms with van der Waals surface area (Å²) in [5, 5.41) is 14.8. The monoisotopic (exact) mass is 481 g/mol. The number of hydrogen-bond acceptors (Lipinski definition) is 5. The summed E-state index contributed by atoms with van der Waals surface area (Å²) in [5.74, 6) is -1.98. The molecule has 0 aliphatic heterocycles. The standard InChI is InChI=1S/C27H35N3O5/c1-17(2)13-18(26(32)33)14-28-25(31)24(15-30(3)4)29-27(34)35-16-23-21-11-7-5-9-19(21)20-10-6-8-12-22(20)23/h5-12,17-18,23-24H,13-16H2,1-4H3,(H,28,31)(H,29,34)(H,32,33)/t18?,24-/m0/s1. The Labute approximate surface area is 206 Å². The summed E-state index contributed by atoms with van der Waals surface area (Å²) in [6, 6.07) is 15.3. The number of hydrogen-bond donors (Lipinski definition) is 3. The zero-order valence-corrected chi connectivity index (χ0v) is 20.8. The van der Waals surface area contributed by atoms with Crippen LogP contribution in [0.5, 0.6) is 0 Å². The lowest BCUT2D eigenvalue weighted by molar-refractivity contribution is -0.142. The van der Waals surface area contributed by atoms with E-state index in [1.807, 2.05) is 50.2 Å². The fraction of sp³-hybridized carbons (Fsp3) is 0.444. The van der Waals surface area contributed by atoms with Gasteiger partial charge in [0.25, 0.3) is 0 Å². The van der Waals surface area contributed by atoms with E-state index in [9.17, 15) is 19.5 Å². The number of nitrogens with one attached hydrogen (secondary N) is 2. The molecule has 8 nitrogen and oxygen atoms in total. The number of nitrogens with zero attached hydrogens (tertiary/aromatic N) is 1. The highest BCUT2D eigenvalue weighted by molar-refractivity contribution is 5.86. The number of ether oxygens (including phenoxy) is 1. The van der Waals surface area contributed by atoms with Crippen LogP contribution in [0.25, 0.3) is 11.1 Å². The van der Waals surface area contributed by atoms with Crippen molar-refractivity contribution in [3.05, 3.63) is 59.7 Å². The molecule has 0 radical (unpaired) electrons. The van der Waals surface area contributed by atoms with Crippen molar-refractivity contribution in [3.8, 4) is 11.1 Å². The fourth-order valence-corrected chi connectivity index (χ4v) is 4.53. The number of aliphatic carboxylic acids is 1. The third-order valence-corrected chi connectivity index (χ3v) is 6.13. The molecule has 1 aliphatic rings. The van der Waals surface area contributed by atoms with Gasteiger partial charge in [-0.05, 0) is 48.7 Å². The summed E-state index contributed by atoms with van der Waals surface area (Å²) in [7, 11) is 3.58. The molecule has 2 aromatic rings. The number of carboxylic acids is 1. The van der Waals surface area contributed by atoms with E-state index in [1.165, 1.54) is 0 Å². The molecule has 0 bridgehead atoms. The van der Waals surface area contributed by atoms with Crippen molar-refractivity contribution in [2.24, 2.45) is 11.8 Å². The number of carbonyl (C=O) groups is 3. The van der Waals surface area contributed by atoms with E-state index in [1.54, 1.807) is 19.0 Å². The number of carboxylic acid groups (broad SMARTS) is 1. The van der Waals surface area contributed by atoms with Crippen LogP contribution in [-0.4, -0.2) is 67.8 Å². The number of fused-ring (bicyclic) bond motifs is 3. The average molecular weight is 482 g/mol. The first-order chi connectivity index (χ1) is 16.7. The normalized spacial score (nSPS) is 14.2. The molecule has 0 fully saturated rings. The van der Waals surface area contributed by atoms with Gasteiger partial charge in [0.05, 0.1) is 5.92 Å². The molecule has 0 spiro atoms. The van der Waals surface area contributed by atoms with E-state index in [4.69, 9.17) is 4.74 Å². The molecule has 35 heavy (non-hydrogen) atoms. The van der Waals surface area contributed by atoms with Crippen LogP contribution in [0.3, 0.4) is 0 Å². The number of benzene rings is 2. The second-order valence-electron chi connectivity index (χ2n) is 9.69. The van der Waals surface area contributed by atoms with Crippen LogP contribution < -0.4 is 10.6 Å². The molecule has 3 N–H and O–H groups in total. The van der Waals surface area contributed by atoms with Gasteiger partial charge in [0.2, 0.25) is 5.91 Å². The quantitative estimate of drug-likeness (QED) is 0.454. The fourth-order valence-electron chi connectivity index (χ4n) is 4.53. The molecule has 2 atom stereocenters. The molecule has 0 heterocycles. The van der Waals surface area contributed by atoms with Gasteiger partial charge in [-0.15, -0.1) is 0 Å². The molecular weight excluding hydrogens is 446 g/mol. The van der Waals surface area contributed by atoms with Crippen LogP contribution in [0, 0.1) is 11.8 Å². The highest BCUT2D eigenvalue weighted by Crippen LogP contribution is 2.44. The first-order valence-corrected chi connectivity index (χ1v) is 11.9. The molecular formula is C27H35N3O5. The Balaban J connectivity index is 1.62. The van der Waals surface area contributed by atoms with E-state index in [0.717, 1.165) is 22.3 Å². The van der Waals surface area contributed by atoms with Crippen LogP contribution in [0.15, 0.2) is 48.5 Å². The number of likely N-dealkylation sites (N-methyl/N-ethyl adjacent to an activating group) is 1. The number of alkyl carbamates (subject to hydrolysis) is 1. The van der Waals surface area contributed by atoms with Crippen LogP contribution >= 0.6 is 0 Å². The van der Waals surface area contributed by atoms with Gasteiger partial charge in [-0.2, -0.15) is 0 Å². The lowest BCUT2D eigenvalue weighted by Gasteiger charge is -2.23.